The summed E-state index contributed by atoms with van der Waals surface area (Å²) in [6.07, 6.45) is 2.63. The van der Waals surface area contributed by atoms with Gasteiger partial charge in [-0.05, 0) is 18.6 Å². The van der Waals surface area contributed by atoms with Gasteiger partial charge in [-0.2, -0.15) is 0 Å². The molecular formula is C13H15NO. The van der Waals surface area contributed by atoms with Crippen LogP contribution in [0.5, 0.6) is 0 Å². The van der Waals surface area contributed by atoms with Crippen LogP contribution in [0.1, 0.15) is 29.3 Å². The van der Waals surface area contributed by atoms with Crippen LogP contribution in [0, 0.1) is 6.92 Å². The number of nitrogens with zero attached hydrogens (tertiary/aromatic N) is 1. The largest absolute Gasteiger partial charge is 0.350 e. The normalized spacial score (nSPS) is 10.9. The van der Waals surface area contributed by atoms with Crippen LogP contribution in [-0.2, 0) is 7.05 Å². The number of aromatic nitrogens is 1. The van der Waals surface area contributed by atoms with Crippen molar-refractivity contribution < 1.29 is 4.79 Å². The lowest BCUT2D eigenvalue weighted by atomic mass is 10.0. The van der Waals surface area contributed by atoms with E-state index in [1.807, 2.05) is 30.7 Å². The van der Waals surface area contributed by atoms with Crippen LogP contribution in [0.3, 0.4) is 0 Å². The molecular weight excluding hydrogens is 186 g/mol. The fourth-order valence-corrected chi connectivity index (χ4v) is 2.08. The SMILES string of the molecule is CCC(=O)c1cccc2c(C)cn(C)c12. The van der Waals surface area contributed by atoms with Crippen molar-refractivity contribution in [1.82, 2.24) is 4.57 Å². The summed E-state index contributed by atoms with van der Waals surface area (Å²) in [6, 6.07) is 5.93. The first-order chi connectivity index (χ1) is 7.15. The molecule has 1 aromatic carbocycles. The van der Waals surface area contributed by atoms with Gasteiger partial charge in [0.25, 0.3) is 0 Å². The summed E-state index contributed by atoms with van der Waals surface area (Å²) in [6.45, 7) is 3.97. The Kier molecular flexibility index (Phi) is 2.35. The molecule has 0 aliphatic heterocycles. The Balaban J connectivity index is 2.80. The van der Waals surface area contributed by atoms with E-state index in [2.05, 4.69) is 19.2 Å². The molecule has 1 aromatic heterocycles. The topological polar surface area (TPSA) is 22.0 Å². The molecule has 0 unspecified atom stereocenters. The number of carbonyl (C=O) groups is 1. The molecule has 2 rings (SSSR count). The van der Waals surface area contributed by atoms with Crippen LogP contribution in [0.25, 0.3) is 10.9 Å². The van der Waals surface area contributed by atoms with E-state index >= 15 is 0 Å². The third kappa shape index (κ3) is 1.46. The van der Waals surface area contributed by atoms with Gasteiger partial charge in [0.15, 0.2) is 5.78 Å². The van der Waals surface area contributed by atoms with Crippen LogP contribution in [0.2, 0.25) is 0 Å². The van der Waals surface area contributed by atoms with E-state index in [1.165, 1.54) is 10.9 Å². The summed E-state index contributed by atoms with van der Waals surface area (Å²) in [7, 11) is 1.99. The van der Waals surface area contributed by atoms with Crippen LogP contribution in [-0.4, -0.2) is 10.4 Å². The highest BCUT2D eigenvalue weighted by Gasteiger charge is 2.11. The highest BCUT2D eigenvalue weighted by Crippen LogP contribution is 2.24. The molecule has 2 aromatic rings. The Morgan fingerprint density at radius 3 is 2.80 bits per heavy atom. The lowest BCUT2D eigenvalue weighted by Crippen LogP contribution is -2.00. The highest BCUT2D eigenvalue weighted by atomic mass is 16.1. The first-order valence-corrected chi connectivity index (χ1v) is 5.23. The summed E-state index contributed by atoms with van der Waals surface area (Å²) in [5.74, 6) is 0.210. The molecule has 0 amide bonds. The summed E-state index contributed by atoms with van der Waals surface area (Å²) < 4.78 is 2.04. The van der Waals surface area contributed by atoms with Crippen LogP contribution in [0.15, 0.2) is 24.4 Å². The smallest absolute Gasteiger partial charge is 0.164 e. The number of carbonyl (C=O) groups excluding carboxylic acids is 1. The fourth-order valence-electron chi connectivity index (χ4n) is 2.08. The van der Waals surface area contributed by atoms with Crippen molar-refractivity contribution in [3.63, 3.8) is 0 Å². The predicted octanol–water partition coefficient (Wildman–Crippen LogP) is 3.08. The van der Waals surface area contributed by atoms with Gasteiger partial charge >= 0.3 is 0 Å². The molecule has 0 spiro atoms. The minimum absolute atomic E-state index is 0.210. The van der Waals surface area contributed by atoms with E-state index in [4.69, 9.17) is 0 Å². The Bertz CT molecular complexity index is 523. The van der Waals surface area contributed by atoms with Crippen molar-refractivity contribution in [1.29, 1.82) is 0 Å². The molecule has 0 atom stereocenters. The van der Waals surface area contributed by atoms with Gasteiger partial charge in [0.2, 0.25) is 0 Å². The van der Waals surface area contributed by atoms with E-state index in [9.17, 15) is 4.79 Å². The van der Waals surface area contributed by atoms with Crippen molar-refractivity contribution in [3.05, 3.63) is 35.5 Å². The molecule has 1 heterocycles. The number of Topliss-reactive ketones (excluding diaryl/α,β-unsaturated/α-hetero) is 1. The number of fused-ring (bicyclic) bond motifs is 1. The van der Waals surface area contributed by atoms with E-state index < -0.39 is 0 Å². The second kappa shape index (κ2) is 3.54. The number of para-hydroxylation sites is 1. The van der Waals surface area contributed by atoms with Gasteiger partial charge in [-0.3, -0.25) is 4.79 Å². The minimum atomic E-state index is 0.210. The van der Waals surface area contributed by atoms with Crippen molar-refractivity contribution in [2.45, 2.75) is 20.3 Å². The molecule has 0 saturated heterocycles. The quantitative estimate of drug-likeness (QED) is 0.684. The zero-order valence-corrected chi connectivity index (χ0v) is 9.37. The number of hydrogen-bond acceptors (Lipinski definition) is 1. The Morgan fingerprint density at radius 2 is 2.13 bits per heavy atom. The van der Waals surface area contributed by atoms with Gasteiger partial charge in [-0.15, -0.1) is 0 Å². The average Bonchev–Trinajstić information content (AvgIpc) is 2.54. The lowest BCUT2D eigenvalue weighted by Gasteiger charge is -2.03. The Hall–Kier alpha value is -1.57. The molecule has 2 nitrogen and oxygen atoms in total. The van der Waals surface area contributed by atoms with Crippen LogP contribution in [0.4, 0.5) is 0 Å². The maximum absolute atomic E-state index is 11.8. The number of ketones is 1. The minimum Gasteiger partial charge on any atom is -0.350 e. The number of aryl methyl sites for hydroxylation is 2. The molecule has 0 saturated carbocycles. The molecule has 0 aliphatic carbocycles. The maximum atomic E-state index is 11.8. The fraction of sp³-hybridized carbons (Fsp3) is 0.308. The van der Waals surface area contributed by atoms with Gasteiger partial charge in [0.05, 0.1) is 5.52 Å². The van der Waals surface area contributed by atoms with Gasteiger partial charge in [0, 0.05) is 30.6 Å². The standard InChI is InChI=1S/C13H15NO/c1-4-12(15)11-7-5-6-10-9(2)8-14(3)13(10)11/h5-8H,4H2,1-3H3. The lowest BCUT2D eigenvalue weighted by molar-refractivity contribution is 0.0989. The van der Waals surface area contributed by atoms with E-state index in [0.717, 1.165) is 11.1 Å². The van der Waals surface area contributed by atoms with Crippen LogP contribution < -0.4 is 0 Å². The van der Waals surface area contributed by atoms with Crippen LogP contribution >= 0.6 is 0 Å². The summed E-state index contributed by atoms with van der Waals surface area (Å²) in [5.41, 5.74) is 3.12. The first kappa shape index (κ1) is 9.97. The number of hydrogen-bond donors (Lipinski definition) is 0. The van der Waals surface area contributed by atoms with E-state index in [-0.39, 0.29) is 5.78 Å². The molecule has 0 aliphatic rings. The van der Waals surface area contributed by atoms with Crippen molar-refractivity contribution in [2.75, 3.05) is 0 Å². The second-order valence-electron chi connectivity index (χ2n) is 3.90. The third-order valence-corrected chi connectivity index (χ3v) is 2.82. The Labute approximate surface area is 89.5 Å². The number of rotatable bonds is 2. The average molecular weight is 201 g/mol. The second-order valence-corrected chi connectivity index (χ2v) is 3.90. The van der Waals surface area contributed by atoms with E-state index in [1.54, 1.807) is 0 Å². The summed E-state index contributed by atoms with van der Waals surface area (Å²) >= 11 is 0. The summed E-state index contributed by atoms with van der Waals surface area (Å²) in [5, 5.41) is 1.18. The van der Waals surface area contributed by atoms with E-state index in [0.29, 0.717) is 6.42 Å². The molecule has 0 bridgehead atoms. The number of benzene rings is 1. The highest BCUT2D eigenvalue weighted by molar-refractivity contribution is 6.07. The maximum Gasteiger partial charge on any atom is 0.164 e. The van der Waals surface area contributed by atoms with Crippen molar-refractivity contribution in [2.24, 2.45) is 7.05 Å². The van der Waals surface area contributed by atoms with Gasteiger partial charge in [0.1, 0.15) is 0 Å². The molecule has 2 heteroatoms. The van der Waals surface area contributed by atoms with Crippen molar-refractivity contribution >= 4 is 16.7 Å². The molecule has 78 valence electrons. The zero-order valence-electron chi connectivity index (χ0n) is 9.37. The molecule has 15 heavy (non-hydrogen) atoms. The van der Waals surface area contributed by atoms with Gasteiger partial charge in [-0.1, -0.05) is 19.1 Å². The zero-order chi connectivity index (χ0) is 11.0. The Morgan fingerprint density at radius 1 is 1.40 bits per heavy atom. The van der Waals surface area contributed by atoms with Crippen molar-refractivity contribution in [3.8, 4) is 0 Å². The molecule has 0 radical (unpaired) electrons. The monoisotopic (exact) mass is 201 g/mol. The third-order valence-electron chi connectivity index (χ3n) is 2.82. The first-order valence-electron chi connectivity index (χ1n) is 5.23. The predicted molar refractivity (Wildman–Crippen MR) is 62.3 cm³/mol. The van der Waals surface area contributed by atoms with Gasteiger partial charge in [-0.25, -0.2) is 0 Å². The summed E-state index contributed by atoms with van der Waals surface area (Å²) in [4.78, 5) is 11.8. The molecule has 0 N–H and O–H groups in total. The molecule has 0 fully saturated rings. The van der Waals surface area contributed by atoms with Gasteiger partial charge < -0.3 is 4.57 Å².